The number of anilines is 2. The average Bonchev–Trinajstić information content (AvgIpc) is 2.72. The number of nitrogen functional groups attached to an aromatic ring is 1. The summed E-state index contributed by atoms with van der Waals surface area (Å²) in [5, 5.41) is 7.07. The molecule has 3 N–H and O–H groups in total. The Kier molecular flexibility index (Phi) is 3.03. The van der Waals surface area contributed by atoms with Gasteiger partial charge in [-0.15, -0.1) is 0 Å². The molecule has 2 aromatic heterocycles. The molecule has 0 spiro atoms. The van der Waals surface area contributed by atoms with Crippen LogP contribution in [0.3, 0.4) is 0 Å². The highest BCUT2D eigenvalue weighted by Crippen LogP contribution is 2.09. The van der Waals surface area contributed by atoms with Crippen LogP contribution in [-0.2, 0) is 13.6 Å². The van der Waals surface area contributed by atoms with E-state index in [0.29, 0.717) is 12.5 Å². The zero-order valence-electron chi connectivity index (χ0n) is 9.58. The van der Waals surface area contributed by atoms with E-state index in [-0.39, 0.29) is 12.0 Å². The van der Waals surface area contributed by atoms with Crippen molar-refractivity contribution in [2.75, 3.05) is 18.2 Å². The summed E-state index contributed by atoms with van der Waals surface area (Å²) in [7, 11) is 3.33. The molecule has 0 aromatic carbocycles. The Morgan fingerprint density at radius 2 is 2.24 bits per heavy atom. The Balaban J connectivity index is 2.05. The van der Waals surface area contributed by atoms with Crippen molar-refractivity contribution >= 4 is 11.9 Å². The van der Waals surface area contributed by atoms with Gasteiger partial charge in [-0.05, 0) is 0 Å². The van der Waals surface area contributed by atoms with Gasteiger partial charge in [0.1, 0.15) is 0 Å². The molecule has 0 bridgehead atoms. The first-order valence-electron chi connectivity index (χ1n) is 4.94. The largest absolute Gasteiger partial charge is 0.467 e. The molecular formula is C9H13N7O. The van der Waals surface area contributed by atoms with Gasteiger partial charge < -0.3 is 15.8 Å². The van der Waals surface area contributed by atoms with Crippen LogP contribution in [0.15, 0.2) is 12.4 Å². The molecule has 0 aliphatic rings. The number of hydrogen-bond donors (Lipinski definition) is 2. The SMILES string of the molecule is COc1nc(N)nc(NCc2cnn(C)c2)n1. The van der Waals surface area contributed by atoms with Gasteiger partial charge in [-0.2, -0.15) is 20.1 Å². The van der Waals surface area contributed by atoms with Crippen LogP contribution in [0.4, 0.5) is 11.9 Å². The number of nitrogens with two attached hydrogens (primary N) is 1. The predicted molar refractivity (Wildman–Crippen MR) is 61.3 cm³/mol. The molecule has 2 rings (SSSR count). The van der Waals surface area contributed by atoms with Gasteiger partial charge in [0.2, 0.25) is 11.9 Å². The van der Waals surface area contributed by atoms with Crippen molar-refractivity contribution < 1.29 is 4.74 Å². The minimum Gasteiger partial charge on any atom is -0.467 e. The average molecular weight is 235 g/mol. The Hall–Kier alpha value is -2.38. The molecule has 8 heteroatoms. The quantitative estimate of drug-likeness (QED) is 0.756. The third-order valence-electron chi connectivity index (χ3n) is 2.02. The lowest BCUT2D eigenvalue weighted by atomic mass is 10.4. The lowest BCUT2D eigenvalue weighted by Crippen LogP contribution is -2.07. The summed E-state index contributed by atoms with van der Waals surface area (Å²) in [4.78, 5) is 11.7. The fraction of sp³-hybridized carbons (Fsp3) is 0.333. The molecule has 8 nitrogen and oxygen atoms in total. The first-order valence-corrected chi connectivity index (χ1v) is 4.94. The third-order valence-corrected chi connectivity index (χ3v) is 2.02. The van der Waals surface area contributed by atoms with Gasteiger partial charge in [0.15, 0.2) is 0 Å². The Morgan fingerprint density at radius 1 is 1.41 bits per heavy atom. The van der Waals surface area contributed by atoms with Gasteiger partial charge >= 0.3 is 6.01 Å². The highest BCUT2D eigenvalue weighted by molar-refractivity contribution is 5.33. The maximum absolute atomic E-state index is 5.51. The standard InChI is InChI=1S/C9H13N7O/c1-16-5-6(4-12-16)3-11-8-13-7(10)14-9(15-8)17-2/h4-5H,3H2,1-2H3,(H3,10,11,13,14,15). The summed E-state index contributed by atoms with van der Waals surface area (Å²) in [6.45, 7) is 0.556. The van der Waals surface area contributed by atoms with E-state index in [1.54, 1.807) is 10.9 Å². The molecule has 17 heavy (non-hydrogen) atoms. The van der Waals surface area contributed by atoms with E-state index in [9.17, 15) is 0 Å². The van der Waals surface area contributed by atoms with E-state index >= 15 is 0 Å². The van der Waals surface area contributed by atoms with Crippen LogP contribution in [-0.4, -0.2) is 31.8 Å². The van der Waals surface area contributed by atoms with Gasteiger partial charge in [0, 0.05) is 25.4 Å². The highest BCUT2D eigenvalue weighted by Gasteiger charge is 2.04. The van der Waals surface area contributed by atoms with E-state index in [4.69, 9.17) is 10.5 Å². The summed E-state index contributed by atoms with van der Waals surface area (Å²) in [6.07, 6.45) is 3.66. The minimum atomic E-state index is 0.116. The zero-order chi connectivity index (χ0) is 12.3. The van der Waals surface area contributed by atoms with Gasteiger partial charge in [0.25, 0.3) is 0 Å². The second-order valence-electron chi connectivity index (χ2n) is 3.38. The zero-order valence-corrected chi connectivity index (χ0v) is 9.58. The number of rotatable bonds is 4. The number of aryl methyl sites for hydroxylation is 1. The maximum atomic E-state index is 5.51. The van der Waals surface area contributed by atoms with Gasteiger partial charge in [-0.3, -0.25) is 4.68 Å². The van der Waals surface area contributed by atoms with Crippen LogP contribution in [0.2, 0.25) is 0 Å². The lowest BCUT2D eigenvalue weighted by Gasteiger charge is -2.04. The van der Waals surface area contributed by atoms with Crippen molar-refractivity contribution in [1.29, 1.82) is 0 Å². The Bertz CT molecular complexity index is 510. The van der Waals surface area contributed by atoms with Crippen LogP contribution in [0.5, 0.6) is 6.01 Å². The first-order chi connectivity index (χ1) is 8.17. The molecule has 2 heterocycles. The minimum absolute atomic E-state index is 0.116. The van der Waals surface area contributed by atoms with E-state index in [0.717, 1.165) is 5.56 Å². The Labute approximate surface area is 97.9 Å². The smallest absolute Gasteiger partial charge is 0.322 e. The van der Waals surface area contributed by atoms with E-state index in [2.05, 4.69) is 25.4 Å². The molecule has 0 atom stereocenters. The molecule has 0 radical (unpaired) electrons. The Morgan fingerprint density at radius 3 is 2.88 bits per heavy atom. The summed E-state index contributed by atoms with van der Waals surface area (Å²) >= 11 is 0. The van der Waals surface area contributed by atoms with Crippen LogP contribution in [0, 0.1) is 0 Å². The highest BCUT2D eigenvalue weighted by atomic mass is 16.5. The summed E-state index contributed by atoms with van der Waals surface area (Å²) in [6, 6.07) is 0.186. The summed E-state index contributed by atoms with van der Waals surface area (Å²) in [5.74, 6) is 0.490. The second kappa shape index (κ2) is 4.64. The van der Waals surface area contributed by atoms with Crippen LogP contribution < -0.4 is 15.8 Å². The second-order valence-corrected chi connectivity index (χ2v) is 3.38. The van der Waals surface area contributed by atoms with E-state index in [1.807, 2.05) is 13.2 Å². The van der Waals surface area contributed by atoms with E-state index in [1.165, 1.54) is 7.11 Å². The van der Waals surface area contributed by atoms with Crippen molar-refractivity contribution in [3.05, 3.63) is 18.0 Å². The number of hydrogen-bond acceptors (Lipinski definition) is 7. The topological polar surface area (TPSA) is 104 Å². The fourth-order valence-electron chi connectivity index (χ4n) is 1.29. The van der Waals surface area contributed by atoms with Crippen molar-refractivity contribution in [3.63, 3.8) is 0 Å². The van der Waals surface area contributed by atoms with Crippen LogP contribution >= 0.6 is 0 Å². The lowest BCUT2D eigenvalue weighted by molar-refractivity contribution is 0.379. The normalized spacial score (nSPS) is 10.2. The number of methoxy groups -OCH3 is 1. The van der Waals surface area contributed by atoms with E-state index < -0.39 is 0 Å². The molecule has 90 valence electrons. The number of nitrogens with one attached hydrogen (secondary N) is 1. The van der Waals surface area contributed by atoms with Crippen LogP contribution in [0.1, 0.15) is 5.56 Å². The molecule has 2 aromatic rings. The molecule has 0 unspecified atom stereocenters. The summed E-state index contributed by atoms with van der Waals surface area (Å²) < 4.78 is 6.61. The molecule has 0 fully saturated rings. The third kappa shape index (κ3) is 2.80. The van der Waals surface area contributed by atoms with Crippen LogP contribution in [0.25, 0.3) is 0 Å². The van der Waals surface area contributed by atoms with Gasteiger partial charge in [-0.25, -0.2) is 0 Å². The summed E-state index contributed by atoms with van der Waals surface area (Å²) in [5.41, 5.74) is 6.53. The van der Waals surface area contributed by atoms with Gasteiger partial charge in [0.05, 0.1) is 13.3 Å². The molecule has 0 saturated carbocycles. The predicted octanol–water partition coefficient (Wildman–Crippen LogP) is -0.192. The number of ether oxygens (including phenoxy) is 1. The van der Waals surface area contributed by atoms with Crippen molar-refractivity contribution in [3.8, 4) is 6.01 Å². The van der Waals surface area contributed by atoms with Crippen molar-refractivity contribution in [2.45, 2.75) is 6.54 Å². The van der Waals surface area contributed by atoms with Crippen molar-refractivity contribution in [2.24, 2.45) is 7.05 Å². The first kappa shape index (κ1) is 11.1. The maximum Gasteiger partial charge on any atom is 0.322 e. The molecule has 0 aliphatic carbocycles. The molecule has 0 amide bonds. The fourth-order valence-corrected chi connectivity index (χ4v) is 1.29. The number of nitrogens with zero attached hydrogens (tertiary/aromatic N) is 5. The van der Waals surface area contributed by atoms with Crippen molar-refractivity contribution in [1.82, 2.24) is 24.7 Å². The molecule has 0 aliphatic heterocycles. The van der Waals surface area contributed by atoms with Gasteiger partial charge in [-0.1, -0.05) is 0 Å². The molecular weight excluding hydrogens is 222 g/mol. The molecule has 0 saturated heterocycles. The monoisotopic (exact) mass is 235 g/mol. The number of aromatic nitrogens is 5.